The maximum absolute atomic E-state index is 9.01. The SMILES string of the molecule is COc1ccc(C(=S)Nc2cc(C#N)cc(OC)c2)cc1. The second-order valence-electron chi connectivity index (χ2n) is 4.24. The van der Waals surface area contributed by atoms with Gasteiger partial charge in [-0.05, 0) is 36.4 Å². The minimum Gasteiger partial charge on any atom is -0.497 e. The Balaban J connectivity index is 2.20. The zero-order valence-electron chi connectivity index (χ0n) is 11.7. The molecule has 0 radical (unpaired) electrons. The molecule has 0 amide bonds. The van der Waals surface area contributed by atoms with Crippen molar-refractivity contribution in [3.63, 3.8) is 0 Å². The van der Waals surface area contributed by atoms with Crippen LogP contribution in [0.15, 0.2) is 42.5 Å². The highest BCUT2D eigenvalue weighted by atomic mass is 32.1. The fourth-order valence-electron chi connectivity index (χ4n) is 1.80. The largest absolute Gasteiger partial charge is 0.497 e. The Morgan fingerprint density at radius 3 is 2.29 bits per heavy atom. The van der Waals surface area contributed by atoms with Gasteiger partial charge in [-0.2, -0.15) is 5.26 Å². The Morgan fingerprint density at radius 1 is 1.05 bits per heavy atom. The van der Waals surface area contributed by atoms with E-state index in [0.29, 0.717) is 22.0 Å². The molecule has 2 rings (SSSR count). The molecule has 0 spiro atoms. The van der Waals surface area contributed by atoms with Crippen LogP contribution in [-0.4, -0.2) is 19.2 Å². The Morgan fingerprint density at radius 2 is 1.71 bits per heavy atom. The average Bonchev–Trinajstić information content (AvgIpc) is 2.54. The summed E-state index contributed by atoms with van der Waals surface area (Å²) >= 11 is 5.37. The summed E-state index contributed by atoms with van der Waals surface area (Å²) in [5.74, 6) is 1.38. The summed E-state index contributed by atoms with van der Waals surface area (Å²) in [6, 6.07) is 14.7. The molecule has 0 fully saturated rings. The maximum Gasteiger partial charge on any atom is 0.122 e. The smallest absolute Gasteiger partial charge is 0.122 e. The van der Waals surface area contributed by atoms with Gasteiger partial charge in [-0.3, -0.25) is 0 Å². The van der Waals surface area contributed by atoms with E-state index in [1.807, 2.05) is 24.3 Å². The normalized spacial score (nSPS) is 9.57. The summed E-state index contributed by atoms with van der Waals surface area (Å²) in [6.07, 6.45) is 0. The van der Waals surface area contributed by atoms with Crippen LogP contribution in [0.4, 0.5) is 5.69 Å². The molecule has 0 aromatic heterocycles. The number of hydrogen-bond donors (Lipinski definition) is 1. The van der Waals surface area contributed by atoms with Gasteiger partial charge in [0.2, 0.25) is 0 Å². The molecule has 0 saturated heterocycles. The number of ether oxygens (including phenoxy) is 2. The lowest BCUT2D eigenvalue weighted by Gasteiger charge is -2.10. The second-order valence-corrected chi connectivity index (χ2v) is 4.65. The maximum atomic E-state index is 9.01. The number of benzene rings is 2. The number of rotatable bonds is 4. The molecule has 0 heterocycles. The van der Waals surface area contributed by atoms with Crippen LogP contribution in [0.5, 0.6) is 11.5 Å². The van der Waals surface area contributed by atoms with Gasteiger partial charge in [0, 0.05) is 17.3 Å². The van der Waals surface area contributed by atoms with Crippen LogP contribution in [0.3, 0.4) is 0 Å². The van der Waals surface area contributed by atoms with Gasteiger partial charge in [-0.1, -0.05) is 12.2 Å². The van der Waals surface area contributed by atoms with Crippen molar-refractivity contribution in [3.8, 4) is 17.6 Å². The first-order chi connectivity index (χ1) is 10.2. The van der Waals surface area contributed by atoms with Crippen LogP contribution in [-0.2, 0) is 0 Å². The molecule has 5 heteroatoms. The topological polar surface area (TPSA) is 54.3 Å². The third kappa shape index (κ3) is 3.71. The van der Waals surface area contributed by atoms with Gasteiger partial charge >= 0.3 is 0 Å². The average molecular weight is 298 g/mol. The van der Waals surface area contributed by atoms with Crippen molar-refractivity contribution >= 4 is 22.9 Å². The van der Waals surface area contributed by atoms with Crippen LogP contribution in [0.1, 0.15) is 11.1 Å². The molecule has 0 saturated carbocycles. The molecule has 21 heavy (non-hydrogen) atoms. The Hall–Kier alpha value is -2.58. The van der Waals surface area contributed by atoms with Crippen molar-refractivity contribution in [1.82, 2.24) is 0 Å². The second kappa shape index (κ2) is 6.73. The Bertz CT molecular complexity index is 690. The van der Waals surface area contributed by atoms with E-state index in [9.17, 15) is 0 Å². The van der Waals surface area contributed by atoms with E-state index >= 15 is 0 Å². The Kier molecular flexibility index (Phi) is 4.75. The number of nitrogens with one attached hydrogen (secondary N) is 1. The van der Waals surface area contributed by atoms with E-state index in [2.05, 4.69) is 11.4 Å². The molecule has 0 aliphatic rings. The zero-order chi connectivity index (χ0) is 15.2. The Labute approximate surface area is 128 Å². The van der Waals surface area contributed by atoms with Crippen molar-refractivity contribution < 1.29 is 9.47 Å². The minimum atomic E-state index is 0.509. The van der Waals surface area contributed by atoms with E-state index in [4.69, 9.17) is 27.0 Å². The van der Waals surface area contributed by atoms with Gasteiger partial charge in [0.1, 0.15) is 16.5 Å². The van der Waals surface area contributed by atoms with E-state index < -0.39 is 0 Å². The van der Waals surface area contributed by atoms with Crippen LogP contribution in [0.25, 0.3) is 0 Å². The molecule has 0 aliphatic carbocycles. The summed E-state index contributed by atoms with van der Waals surface area (Å²) in [5.41, 5.74) is 2.09. The number of hydrogen-bond acceptors (Lipinski definition) is 4. The first-order valence-electron chi connectivity index (χ1n) is 6.21. The van der Waals surface area contributed by atoms with Crippen LogP contribution in [0, 0.1) is 11.3 Å². The van der Waals surface area contributed by atoms with Crippen molar-refractivity contribution in [1.29, 1.82) is 5.26 Å². The van der Waals surface area contributed by atoms with Crippen molar-refractivity contribution in [3.05, 3.63) is 53.6 Å². The van der Waals surface area contributed by atoms with E-state index in [1.165, 1.54) is 0 Å². The summed E-state index contributed by atoms with van der Waals surface area (Å²) in [6.45, 7) is 0. The van der Waals surface area contributed by atoms with Gasteiger partial charge in [-0.15, -0.1) is 0 Å². The first-order valence-corrected chi connectivity index (χ1v) is 6.61. The number of nitrogens with zero attached hydrogens (tertiary/aromatic N) is 1. The summed E-state index contributed by atoms with van der Waals surface area (Å²) in [7, 11) is 3.17. The van der Waals surface area contributed by atoms with Crippen LogP contribution in [0.2, 0.25) is 0 Å². The molecule has 2 aromatic carbocycles. The molecule has 0 unspecified atom stereocenters. The number of anilines is 1. The van der Waals surface area contributed by atoms with E-state index in [1.54, 1.807) is 32.4 Å². The summed E-state index contributed by atoms with van der Waals surface area (Å²) < 4.78 is 10.3. The summed E-state index contributed by atoms with van der Waals surface area (Å²) in [5, 5.41) is 12.1. The summed E-state index contributed by atoms with van der Waals surface area (Å²) in [4.78, 5) is 0.565. The predicted molar refractivity (Wildman–Crippen MR) is 86.0 cm³/mol. The van der Waals surface area contributed by atoms with Gasteiger partial charge in [0.25, 0.3) is 0 Å². The first kappa shape index (κ1) is 14.8. The minimum absolute atomic E-state index is 0.509. The number of methoxy groups -OCH3 is 2. The third-order valence-corrected chi connectivity index (χ3v) is 3.22. The molecule has 1 N–H and O–H groups in total. The van der Waals surface area contributed by atoms with Gasteiger partial charge in [0.05, 0.1) is 25.9 Å². The van der Waals surface area contributed by atoms with Crippen LogP contribution >= 0.6 is 12.2 Å². The molecule has 0 aliphatic heterocycles. The number of thiocarbonyl (C=S) groups is 1. The fourth-order valence-corrected chi connectivity index (χ4v) is 2.05. The molecule has 2 aromatic rings. The van der Waals surface area contributed by atoms with Crippen molar-refractivity contribution in [2.45, 2.75) is 0 Å². The highest BCUT2D eigenvalue weighted by Crippen LogP contribution is 2.21. The van der Waals surface area contributed by atoms with Crippen molar-refractivity contribution in [2.24, 2.45) is 0 Å². The monoisotopic (exact) mass is 298 g/mol. The molecule has 0 atom stereocenters. The lowest BCUT2D eigenvalue weighted by Crippen LogP contribution is -2.10. The quantitative estimate of drug-likeness (QED) is 0.877. The van der Waals surface area contributed by atoms with Gasteiger partial charge in [0.15, 0.2) is 0 Å². The van der Waals surface area contributed by atoms with E-state index in [-0.39, 0.29) is 0 Å². The van der Waals surface area contributed by atoms with Gasteiger partial charge in [-0.25, -0.2) is 0 Å². The van der Waals surface area contributed by atoms with Crippen LogP contribution < -0.4 is 14.8 Å². The lowest BCUT2D eigenvalue weighted by atomic mass is 10.1. The zero-order valence-corrected chi connectivity index (χ0v) is 12.5. The van der Waals surface area contributed by atoms with Crippen molar-refractivity contribution in [2.75, 3.05) is 19.5 Å². The molecular formula is C16H14N2O2S. The standard InChI is InChI=1S/C16H14N2O2S/c1-19-14-5-3-12(4-6-14)16(21)18-13-7-11(10-17)8-15(9-13)20-2/h3-9H,1-2H3,(H,18,21). The molecule has 0 bridgehead atoms. The highest BCUT2D eigenvalue weighted by Gasteiger charge is 2.05. The predicted octanol–water partition coefficient (Wildman–Crippen LogP) is 3.36. The van der Waals surface area contributed by atoms with E-state index in [0.717, 1.165) is 11.3 Å². The fraction of sp³-hybridized carbons (Fsp3) is 0.125. The van der Waals surface area contributed by atoms with Gasteiger partial charge < -0.3 is 14.8 Å². The molecule has 4 nitrogen and oxygen atoms in total. The lowest BCUT2D eigenvalue weighted by molar-refractivity contribution is 0.415. The molecule has 106 valence electrons. The molecular weight excluding hydrogens is 284 g/mol. The highest BCUT2D eigenvalue weighted by molar-refractivity contribution is 7.81. The third-order valence-electron chi connectivity index (χ3n) is 2.88. The number of nitriles is 1.